The molecular weight excluding hydrogens is 246 g/mol. The van der Waals surface area contributed by atoms with Crippen molar-refractivity contribution in [2.24, 2.45) is 5.10 Å². The van der Waals surface area contributed by atoms with Gasteiger partial charge in [-0.2, -0.15) is 10.4 Å². The van der Waals surface area contributed by atoms with Gasteiger partial charge in [-0.25, -0.2) is 4.98 Å². The Morgan fingerprint density at radius 3 is 3.06 bits per heavy atom. The monoisotopic (exact) mass is 257 g/mol. The summed E-state index contributed by atoms with van der Waals surface area (Å²) in [5, 5.41) is 15.4. The van der Waals surface area contributed by atoms with Crippen LogP contribution in [-0.2, 0) is 0 Å². The molecular formula is C12H11N5S. The van der Waals surface area contributed by atoms with E-state index in [0.717, 1.165) is 11.1 Å². The van der Waals surface area contributed by atoms with Crippen molar-refractivity contribution in [1.82, 2.24) is 4.98 Å². The first-order valence-corrected chi connectivity index (χ1v) is 6.08. The highest BCUT2D eigenvalue weighted by molar-refractivity contribution is 7.14. The summed E-state index contributed by atoms with van der Waals surface area (Å²) in [6, 6.07) is 7.65. The molecule has 18 heavy (non-hydrogen) atoms. The maximum atomic E-state index is 8.92. The number of aromatic nitrogens is 1. The Morgan fingerprint density at radius 2 is 2.39 bits per heavy atom. The molecule has 6 heteroatoms. The lowest BCUT2D eigenvalue weighted by Gasteiger charge is -2.01. The molecule has 0 amide bonds. The van der Waals surface area contributed by atoms with Crippen LogP contribution in [0.1, 0.15) is 16.7 Å². The maximum absolute atomic E-state index is 8.92. The van der Waals surface area contributed by atoms with E-state index in [1.54, 1.807) is 17.7 Å². The van der Waals surface area contributed by atoms with Gasteiger partial charge < -0.3 is 5.73 Å². The summed E-state index contributed by atoms with van der Waals surface area (Å²) >= 11 is 1.38. The number of nitrogens with zero attached hydrogens (tertiary/aromatic N) is 3. The lowest BCUT2D eigenvalue weighted by Crippen LogP contribution is -1.94. The number of nitrogen functional groups attached to an aromatic ring is 1. The third-order valence-corrected chi connectivity index (χ3v) is 3.15. The predicted octanol–water partition coefficient (Wildman–Crippen LogP) is 2.35. The fourth-order valence-electron chi connectivity index (χ4n) is 1.41. The molecule has 0 aliphatic carbocycles. The van der Waals surface area contributed by atoms with Gasteiger partial charge in [-0.05, 0) is 24.1 Å². The molecule has 2 rings (SSSR count). The number of nitriles is 1. The second-order valence-electron chi connectivity index (χ2n) is 3.58. The number of hydrogen-bond acceptors (Lipinski definition) is 6. The molecule has 0 aliphatic heterocycles. The third kappa shape index (κ3) is 2.64. The molecule has 0 saturated heterocycles. The minimum atomic E-state index is 0.473. The molecule has 0 atom stereocenters. The number of rotatable bonds is 3. The first kappa shape index (κ1) is 12.1. The summed E-state index contributed by atoms with van der Waals surface area (Å²) in [7, 11) is 0. The average Bonchev–Trinajstić information content (AvgIpc) is 2.77. The van der Waals surface area contributed by atoms with Crippen molar-refractivity contribution in [2.75, 3.05) is 11.2 Å². The highest BCUT2D eigenvalue weighted by Crippen LogP contribution is 2.16. The van der Waals surface area contributed by atoms with E-state index in [1.807, 2.05) is 19.1 Å². The van der Waals surface area contributed by atoms with Crippen LogP contribution in [0.5, 0.6) is 0 Å². The number of nitrogens with one attached hydrogen (secondary N) is 1. The molecule has 1 heterocycles. The van der Waals surface area contributed by atoms with E-state index in [4.69, 9.17) is 11.0 Å². The molecule has 0 unspecified atom stereocenters. The Labute approximate surface area is 109 Å². The smallest absolute Gasteiger partial charge is 0.205 e. The molecule has 0 aliphatic rings. The summed E-state index contributed by atoms with van der Waals surface area (Å²) < 4.78 is 0. The van der Waals surface area contributed by atoms with Crippen LogP contribution in [0, 0.1) is 18.3 Å². The lowest BCUT2D eigenvalue weighted by atomic mass is 10.0. The van der Waals surface area contributed by atoms with E-state index in [9.17, 15) is 0 Å². The molecule has 0 radical (unpaired) electrons. The van der Waals surface area contributed by atoms with Crippen LogP contribution < -0.4 is 11.2 Å². The lowest BCUT2D eigenvalue weighted by molar-refractivity contribution is 1.29. The largest absolute Gasteiger partial charge is 0.383 e. The Kier molecular flexibility index (Phi) is 3.55. The number of benzene rings is 1. The van der Waals surface area contributed by atoms with Crippen molar-refractivity contribution in [3.05, 3.63) is 40.3 Å². The summed E-state index contributed by atoms with van der Waals surface area (Å²) in [6.07, 6.45) is 1.66. The molecule has 3 N–H and O–H groups in total. The maximum Gasteiger partial charge on any atom is 0.205 e. The number of hydrazone groups is 1. The van der Waals surface area contributed by atoms with Crippen LogP contribution in [0.15, 0.2) is 28.7 Å². The van der Waals surface area contributed by atoms with E-state index in [-0.39, 0.29) is 0 Å². The van der Waals surface area contributed by atoms with Crippen molar-refractivity contribution in [2.45, 2.75) is 6.92 Å². The molecule has 0 spiro atoms. The van der Waals surface area contributed by atoms with Gasteiger partial charge in [-0.3, -0.25) is 5.43 Å². The van der Waals surface area contributed by atoms with Crippen molar-refractivity contribution in [1.29, 1.82) is 5.26 Å². The fraction of sp³-hybridized carbons (Fsp3) is 0.0833. The van der Waals surface area contributed by atoms with Gasteiger partial charge in [0.25, 0.3) is 0 Å². The van der Waals surface area contributed by atoms with Crippen LogP contribution >= 0.6 is 11.3 Å². The molecule has 90 valence electrons. The summed E-state index contributed by atoms with van der Waals surface area (Å²) in [5.41, 5.74) is 10.7. The standard InChI is InChI=1S/C12H11N5S/c1-8-9(5-13)3-2-4-10(8)6-15-17-12-16-11(14)7-18-12/h2-4,6-7H,14H2,1H3,(H,16,17). The number of hydrogen-bond donors (Lipinski definition) is 2. The fourth-order valence-corrected chi connectivity index (χ4v) is 1.96. The van der Waals surface area contributed by atoms with Crippen molar-refractivity contribution in [3.8, 4) is 6.07 Å². The highest BCUT2D eigenvalue weighted by Gasteiger charge is 2.01. The number of nitrogens with two attached hydrogens (primary N) is 1. The third-order valence-electron chi connectivity index (χ3n) is 2.38. The number of thiazole rings is 1. The first-order chi connectivity index (χ1) is 8.70. The minimum Gasteiger partial charge on any atom is -0.383 e. The Bertz CT molecular complexity index is 624. The summed E-state index contributed by atoms with van der Waals surface area (Å²) in [4.78, 5) is 4.02. The second-order valence-corrected chi connectivity index (χ2v) is 4.44. The van der Waals surface area contributed by atoms with Crippen LogP contribution in [0.4, 0.5) is 10.9 Å². The first-order valence-electron chi connectivity index (χ1n) is 5.20. The van der Waals surface area contributed by atoms with Gasteiger partial charge in [0.2, 0.25) is 5.13 Å². The minimum absolute atomic E-state index is 0.473. The zero-order valence-corrected chi connectivity index (χ0v) is 10.5. The molecule has 0 fully saturated rings. The van der Waals surface area contributed by atoms with Gasteiger partial charge in [0, 0.05) is 5.38 Å². The van der Waals surface area contributed by atoms with Crippen LogP contribution in [0.2, 0.25) is 0 Å². The van der Waals surface area contributed by atoms with E-state index >= 15 is 0 Å². The van der Waals surface area contributed by atoms with Crippen LogP contribution in [-0.4, -0.2) is 11.2 Å². The number of anilines is 2. The van der Waals surface area contributed by atoms with Crippen LogP contribution in [0.25, 0.3) is 0 Å². The van der Waals surface area contributed by atoms with E-state index < -0.39 is 0 Å². The summed E-state index contributed by atoms with van der Waals surface area (Å²) in [6.45, 7) is 1.89. The molecule has 0 saturated carbocycles. The predicted molar refractivity (Wildman–Crippen MR) is 73.6 cm³/mol. The molecule has 5 nitrogen and oxygen atoms in total. The van der Waals surface area contributed by atoms with Crippen LogP contribution in [0.3, 0.4) is 0 Å². The van der Waals surface area contributed by atoms with Gasteiger partial charge in [0.05, 0.1) is 17.8 Å². The Balaban J connectivity index is 2.12. The zero-order chi connectivity index (χ0) is 13.0. The highest BCUT2D eigenvalue weighted by atomic mass is 32.1. The molecule has 2 aromatic rings. The average molecular weight is 257 g/mol. The van der Waals surface area contributed by atoms with Crippen molar-refractivity contribution < 1.29 is 0 Å². The van der Waals surface area contributed by atoms with Gasteiger partial charge in [0.1, 0.15) is 5.82 Å². The Hall–Kier alpha value is -2.39. The van der Waals surface area contributed by atoms with Gasteiger partial charge in [-0.15, -0.1) is 11.3 Å². The Morgan fingerprint density at radius 1 is 1.56 bits per heavy atom. The SMILES string of the molecule is Cc1c(C#N)cccc1C=NNc1nc(N)cs1. The van der Waals surface area contributed by atoms with E-state index in [1.165, 1.54) is 11.3 Å². The second kappa shape index (κ2) is 5.29. The molecule has 1 aromatic heterocycles. The topological polar surface area (TPSA) is 87.1 Å². The van der Waals surface area contributed by atoms with Crippen molar-refractivity contribution in [3.63, 3.8) is 0 Å². The van der Waals surface area contributed by atoms with E-state index in [0.29, 0.717) is 16.5 Å². The molecule has 0 bridgehead atoms. The summed E-state index contributed by atoms with van der Waals surface area (Å²) in [5.74, 6) is 0.473. The van der Waals surface area contributed by atoms with E-state index in [2.05, 4.69) is 21.6 Å². The van der Waals surface area contributed by atoms with Gasteiger partial charge in [-0.1, -0.05) is 12.1 Å². The van der Waals surface area contributed by atoms with Crippen molar-refractivity contribution >= 4 is 28.5 Å². The quantitative estimate of drug-likeness (QED) is 0.652. The van der Waals surface area contributed by atoms with Gasteiger partial charge >= 0.3 is 0 Å². The van der Waals surface area contributed by atoms with Gasteiger partial charge in [0.15, 0.2) is 0 Å². The zero-order valence-electron chi connectivity index (χ0n) is 9.71. The normalized spacial score (nSPS) is 10.4. The molecule has 1 aromatic carbocycles.